The Labute approximate surface area is 185 Å². The van der Waals surface area contributed by atoms with E-state index in [1.54, 1.807) is 31.7 Å². The van der Waals surface area contributed by atoms with Gasteiger partial charge in [0.1, 0.15) is 23.1 Å². The molecule has 1 saturated carbocycles. The number of amides is 1. The highest BCUT2D eigenvalue weighted by atomic mass is 19.1. The van der Waals surface area contributed by atoms with Gasteiger partial charge in [-0.1, -0.05) is 0 Å². The van der Waals surface area contributed by atoms with Crippen LogP contribution >= 0.6 is 0 Å². The van der Waals surface area contributed by atoms with Crippen LogP contribution in [0.4, 0.5) is 14.9 Å². The van der Waals surface area contributed by atoms with Crippen LogP contribution in [0.25, 0.3) is 10.9 Å². The number of hydrogen-bond acceptors (Lipinski definition) is 6. The fourth-order valence-corrected chi connectivity index (χ4v) is 4.14. The molecule has 0 radical (unpaired) electrons. The van der Waals surface area contributed by atoms with E-state index in [1.807, 2.05) is 4.57 Å². The number of methoxy groups -OCH3 is 1. The molecule has 1 unspecified atom stereocenters. The molecule has 1 aromatic heterocycles. The molecule has 2 fully saturated rings. The summed E-state index contributed by atoms with van der Waals surface area (Å²) in [7, 11) is 1.21. The molecule has 1 aromatic carbocycles. The van der Waals surface area contributed by atoms with Gasteiger partial charge in [-0.3, -0.25) is 4.79 Å². The van der Waals surface area contributed by atoms with Gasteiger partial charge in [-0.05, 0) is 58.6 Å². The first-order chi connectivity index (χ1) is 15.1. The number of aromatic nitrogens is 1. The number of benzene rings is 1. The summed E-state index contributed by atoms with van der Waals surface area (Å²) >= 11 is 0. The zero-order chi connectivity index (χ0) is 23.2. The summed E-state index contributed by atoms with van der Waals surface area (Å²) in [6.45, 7) is 5.89. The second kappa shape index (κ2) is 8.11. The van der Waals surface area contributed by atoms with Crippen LogP contribution < -0.4 is 15.6 Å². The van der Waals surface area contributed by atoms with Crippen molar-refractivity contribution in [2.75, 3.05) is 18.6 Å². The van der Waals surface area contributed by atoms with Crippen molar-refractivity contribution in [2.45, 2.75) is 64.3 Å². The number of nitrogens with one attached hydrogen (secondary N) is 1. The molecule has 2 aliphatic rings. The topological polar surface area (TPSA) is 89.9 Å². The van der Waals surface area contributed by atoms with Gasteiger partial charge in [0.2, 0.25) is 5.43 Å². The van der Waals surface area contributed by atoms with E-state index in [1.165, 1.54) is 19.4 Å². The van der Waals surface area contributed by atoms with Gasteiger partial charge in [-0.25, -0.2) is 14.0 Å². The van der Waals surface area contributed by atoms with Crippen molar-refractivity contribution in [3.8, 4) is 0 Å². The third kappa shape index (κ3) is 4.28. The van der Waals surface area contributed by atoms with Crippen LogP contribution in [-0.2, 0) is 9.47 Å². The first-order valence-corrected chi connectivity index (χ1v) is 10.8. The van der Waals surface area contributed by atoms with Crippen LogP contribution in [0.15, 0.2) is 23.1 Å². The van der Waals surface area contributed by atoms with Gasteiger partial charge in [0.15, 0.2) is 0 Å². The Kier molecular flexibility index (Phi) is 5.60. The van der Waals surface area contributed by atoms with Crippen molar-refractivity contribution in [3.05, 3.63) is 39.9 Å². The molecule has 32 heavy (non-hydrogen) atoms. The van der Waals surface area contributed by atoms with E-state index >= 15 is 4.39 Å². The van der Waals surface area contributed by atoms with Gasteiger partial charge >= 0.3 is 12.1 Å². The van der Waals surface area contributed by atoms with Crippen molar-refractivity contribution in [1.29, 1.82) is 0 Å². The quantitative estimate of drug-likeness (QED) is 0.722. The minimum atomic E-state index is -0.739. The molecular weight excluding hydrogens is 417 g/mol. The number of fused-ring (bicyclic) bond motifs is 1. The van der Waals surface area contributed by atoms with Gasteiger partial charge in [0.05, 0.1) is 18.3 Å². The largest absolute Gasteiger partial charge is 0.465 e. The van der Waals surface area contributed by atoms with Crippen LogP contribution in [0.1, 0.15) is 62.9 Å². The zero-order valence-electron chi connectivity index (χ0n) is 18.7. The van der Waals surface area contributed by atoms with Gasteiger partial charge in [0, 0.05) is 24.2 Å². The van der Waals surface area contributed by atoms with E-state index in [-0.39, 0.29) is 17.0 Å². The fourth-order valence-electron chi connectivity index (χ4n) is 4.14. The van der Waals surface area contributed by atoms with Crippen LogP contribution in [0.5, 0.6) is 0 Å². The number of carbonyl (C=O) groups excluding carboxylic acids is 2. The Bertz CT molecular complexity index is 1130. The Hall–Kier alpha value is -3.10. The number of hydrogen-bond donors (Lipinski definition) is 1. The molecule has 1 aliphatic carbocycles. The second-order valence-corrected chi connectivity index (χ2v) is 9.32. The number of carbonyl (C=O) groups is 2. The number of esters is 1. The number of nitrogens with zero attached hydrogens (tertiary/aromatic N) is 2. The molecule has 172 valence electrons. The summed E-state index contributed by atoms with van der Waals surface area (Å²) < 4.78 is 27.2. The Balaban J connectivity index is 1.74. The molecule has 2 heterocycles. The zero-order valence-corrected chi connectivity index (χ0v) is 18.7. The first-order valence-electron chi connectivity index (χ1n) is 10.8. The number of ether oxygens (including phenoxy) is 2. The number of halogens is 1. The summed E-state index contributed by atoms with van der Waals surface area (Å²) in [6.07, 6.45) is 3.77. The standard InChI is InChI=1S/C23H28FN3O5/c1-23(2,3)32-22(30)25-19-6-5-9-26(19)18-11-17-14(10-16(18)24)20(28)15(21(29)31-4)12-27(17)13-7-8-13/h10-13,19H,5-9H2,1-4H3,(H,25,30). The molecule has 0 bridgehead atoms. The van der Waals surface area contributed by atoms with Crippen LogP contribution in [0.3, 0.4) is 0 Å². The highest BCUT2D eigenvalue weighted by Crippen LogP contribution is 2.38. The van der Waals surface area contributed by atoms with Gasteiger partial charge in [-0.2, -0.15) is 0 Å². The van der Waals surface area contributed by atoms with E-state index in [4.69, 9.17) is 9.47 Å². The Morgan fingerprint density at radius 2 is 1.91 bits per heavy atom. The number of pyridine rings is 1. The molecule has 8 nitrogen and oxygen atoms in total. The first kappa shape index (κ1) is 22.1. The third-order valence-corrected chi connectivity index (χ3v) is 5.69. The summed E-state index contributed by atoms with van der Waals surface area (Å²) in [5.74, 6) is -1.33. The average molecular weight is 445 g/mol. The normalized spacial score (nSPS) is 18.7. The van der Waals surface area contributed by atoms with E-state index in [2.05, 4.69) is 5.32 Å². The van der Waals surface area contributed by atoms with E-state index in [9.17, 15) is 14.4 Å². The lowest BCUT2D eigenvalue weighted by Crippen LogP contribution is -2.46. The number of alkyl carbamates (subject to hydrolysis) is 1. The second-order valence-electron chi connectivity index (χ2n) is 9.32. The predicted octanol–water partition coefficient (Wildman–Crippen LogP) is 3.71. The molecule has 9 heteroatoms. The van der Waals surface area contributed by atoms with Crippen molar-refractivity contribution < 1.29 is 23.5 Å². The van der Waals surface area contributed by atoms with E-state index in [0.29, 0.717) is 24.2 Å². The average Bonchev–Trinajstić information content (AvgIpc) is 3.45. The SMILES string of the molecule is COC(=O)c1cn(C2CC2)c2cc(N3CCCC3NC(=O)OC(C)(C)C)c(F)cc2c1=O. The van der Waals surface area contributed by atoms with Crippen LogP contribution in [0.2, 0.25) is 0 Å². The van der Waals surface area contributed by atoms with Crippen molar-refractivity contribution in [2.24, 2.45) is 0 Å². The van der Waals surface area contributed by atoms with Crippen molar-refractivity contribution in [3.63, 3.8) is 0 Å². The smallest absolute Gasteiger partial charge is 0.409 e. The lowest BCUT2D eigenvalue weighted by atomic mass is 10.1. The Morgan fingerprint density at radius 3 is 2.53 bits per heavy atom. The number of anilines is 1. The van der Waals surface area contributed by atoms with Gasteiger partial charge in [0.25, 0.3) is 0 Å². The molecule has 1 amide bonds. The summed E-state index contributed by atoms with van der Waals surface area (Å²) in [4.78, 5) is 39.0. The molecule has 2 aromatic rings. The van der Waals surface area contributed by atoms with Gasteiger partial charge < -0.3 is 24.3 Å². The third-order valence-electron chi connectivity index (χ3n) is 5.69. The minimum Gasteiger partial charge on any atom is -0.465 e. The summed E-state index contributed by atoms with van der Waals surface area (Å²) in [5.41, 5.74) is -0.441. The molecule has 0 spiro atoms. The predicted molar refractivity (Wildman–Crippen MR) is 118 cm³/mol. The van der Waals surface area contributed by atoms with E-state index < -0.39 is 35.1 Å². The van der Waals surface area contributed by atoms with Crippen LogP contribution in [-0.4, -0.2) is 42.1 Å². The van der Waals surface area contributed by atoms with E-state index in [0.717, 1.165) is 19.3 Å². The molecular formula is C23H28FN3O5. The summed E-state index contributed by atoms with van der Waals surface area (Å²) in [5, 5.41) is 2.96. The highest BCUT2D eigenvalue weighted by molar-refractivity contribution is 5.94. The van der Waals surface area contributed by atoms with Gasteiger partial charge in [-0.15, -0.1) is 0 Å². The monoisotopic (exact) mass is 445 g/mol. The lowest BCUT2D eigenvalue weighted by molar-refractivity contribution is 0.0505. The lowest BCUT2D eigenvalue weighted by Gasteiger charge is -2.29. The number of rotatable bonds is 4. The summed E-state index contributed by atoms with van der Waals surface area (Å²) in [6, 6.07) is 2.97. The van der Waals surface area contributed by atoms with Crippen molar-refractivity contribution >= 4 is 28.7 Å². The molecule has 1 atom stereocenters. The minimum absolute atomic E-state index is 0.107. The maximum atomic E-state index is 15.2. The molecule has 4 rings (SSSR count). The molecule has 1 saturated heterocycles. The maximum absolute atomic E-state index is 15.2. The van der Waals surface area contributed by atoms with Crippen molar-refractivity contribution in [1.82, 2.24) is 9.88 Å². The fraction of sp³-hybridized carbons (Fsp3) is 0.522. The molecule has 1 N–H and O–H groups in total. The molecule has 1 aliphatic heterocycles. The Morgan fingerprint density at radius 1 is 1.19 bits per heavy atom. The van der Waals surface area contributed by atoms with Crippen LogP contribution in [0, 0.1) is 5.82 Å². The maximum Gasteiger partial charge on any atom is 0.409 e. The highest BCUT2D eigenvalue weighted by Gasteiger charge is 2.32.